The van der Waals surface area contributed by atoms with Crippen LogP contribution in [0.1, 0.15) is 33.0 Å². The van der Waals surface area contributed by atoms with Gasteiger partial charge in [0, 0.05) is 25.6 Å². The molecule has 0 unspecified atom stereocenters. The van der Waals surface area contributed by atoms with Crippen molar-refractivity contribution in [1.82, 2.24) is 9.32 Å². The molecule has 2 atom stereocenters. The van der Waals surface area contributed by atoms with Crippen molar-refractivity contribution in [1.29, 1.82) is 0 Å². The molecule has 2 aromatic carbocycles. The molecule has 0 aliphatic carbocycles. The van der Waals surface area contributed by atoms with E-state index in [-0.39, 0.29) is 24.1 Å². The first kappa shape index (κ1) is 17.4. The third-order valence-electron chi connectivity index (χ3n) is 5.12. The Morgan fingerprint density at radius 3 is 2.46 bits per heavy atom. The number of amides is 1. The molecular weight excluding hydrogens is 365 g/mol. The first-order valence-electron chi connectivity index (χ1n) is 8.32. The smallest absolute Gasteiger partial charge is 0.329 e. The second-order valence-corrected chi connectivity index (χ2v) is 7.17. The predicted molar refractivity (Wildman–Crippen MR) is 91.7 cm³/mol. The molecule has 2 aromatic rings. The Balaban J connectivity index is 1.82. The highest BCUT2D eigenvalue weighted by atomic mass is 35.5. The van der Waals surface area contributed by atoms with Crippen molar-refractivity contribution < 1.29 is 18.0 Å². The number of nitrogens with zero attached hydrogens (tertiary/aromatic N) is 2. The molecule has 136 valence electrons. The van der Waals surface area contributed by atoms with Crippen LogP contribution in [0.15, 0.2) is 48.5 Å². The Hall–Kier alpha value is -2.05. The summed E-state index contributed by atoms with van der Waals surface area (Å²) in [6.45, 7) is 1.11. The molecule has 0 bridgehead atoms. The van der Waals surface area contributed by atoms with Gasteiger partial charge in [0.05, 0.1) is 17.2 Å². The molecule has 0 saturated carbocycles. The fourth-order valence-electron chi connectivity index (χ4n) is 3.98. The van der Waals surface area contributed by atoms with Crippen LogP contribution in [0, 0.1) is 0 Å². The van der Waals surface area contributed by atoms with Crippen molar-refractivity contribution in [3.8, 4) is 0 Å². The van der Waals surface area contributed by atoms with Gasteiger partial charge in [0.15, 0.2) is 0 Å². The molecule has 2 aliphatic heterocycles. The summed E-state index contributed by atoms with van der Waals surface area (Å²) in [7, 11) is 0. The summed E-state index contributed by atoms with van der Waals surface area (Å²) in [6.07, 6.45) is -4.58. The Morgan fingerprint density at radius 1 is 1.04 bits per heavy atom. The van der Waals surface area contributed by atoms with Crippen molar-refractivity contribution in [2.75, 3.05) is 13.1 Å². The van der Waals surface area contributed by atoms with Gasteiger partial charge in [-0.15, -0.1) is 0 Å². The molecule has 0 aromatic heterocycles. The molecule has 0 radical (unpaired) electrons. The fraction of sp³-hybridized carbons (Fsp3) is 0.316. The molecule has 26 heavy (non-hydrogen) atoms. The summed E-state index contributed by atoms with van der Waals surface area (Å²) in [5.41, 5.74) is 0.219. The van der Waals surface area contributed by atoms with Crippen LogP contribution in [0.3, 0.4) is 0 Å². The lowest BCUT2D eigenvalue weighted by Crippen LogP contribution is -2.48. The van der Waals surface area contributed by atoms with Gasteiger partial charge in [-0.2, -0.15) is 13.2 Å². The van der Waals surface area contributed by atoms with E-state index in [1.54, 1.807) is 15.4 Å². The molecule has 3 nitrogen and oxygen atoms in total. The van der Waals surface area contributed by atoms with Crippen LogP contribution in [0.5, 0.6) is 0 Å². The number of hydrogen-bond donors (Lipinski definition) is 0. The van der Waals surface area contributed by atoms with E-state index in [1.165, 1.54) is 6.07 Å². The number of rotatable bonds is 2. The minimum absolute atomic E-state index is 0.230. The van der Waals surface area contributed by atoms with E-state index in [2.05, 4.69) is 0 Å². The number of carbonyl (C=O) groups excluding carboxylic acids is 1. The zero-order chi connectivity index (χ0) is 18.5. The first-order chi connectivity index (χ1) is 12.4. The van der Waals surface area contributed by atoms with Crippen molar-refractivity contribution >= 4 is 17.7 Å². The van der Waals surface area contributed by atoms with Crippen LogP contribution in [0.2, 0.25) is 0 Å². The summed E-state index contributed by atoms with van der Waals surface area (Å²) in [5, 5.41) is 0. The molecular formula is C19H16ClF3N2O. The third kappa shape index (κ3) is 2.87. The van der Waals surface area contributed by atoms with Gasteiger partial charge in [-0.1, -0.05) is 42.5 Å². The Morgan fingerprint density at radius 2 is 1.77 bits per heavy atom. The highest BCUT2D eigenvalue weighted by molar-refractivity contribution is 6.13. The van der Waals surface area contributed by atoms with Gasteiger partial charge in [0.25, 0.3) is 5.91 Å². The standard InChI is InChI=1S/C19H16ClF3N2O/c20-24-10-14-13-7-4-8-15(19(21,22)23)17(13)18(26)25(16(14)11-24)9-12-5-2-1-3-6-12/h1-8,14,16H,9-11H2/t14-,16-/m0/s1. The molecule has 1 amide bonds. The van der Waals surface area contributed by atoms with Crippen LogP contribution < -0.4 is 0 Å². The van der Waals surface area contributed by atoms with Crippen LogP contribution >= 0.6 is 11.8 Å². The van der Waals surface area contributed by atoms with Gasteiger partial charge in [-0.25, -0.2) is 4.42 Å². The quantitative estimate of drug-likeness (QED) is 0.726. The molecule has 1 fully saturated rings. The maximum Gasteiger partial charge on any atom is 0.417 e. The summed E-state index contributed by atoms with van der Waals surface area (Å²) < 4.78 is 42.1. The molecule has 1 saturated heterocycles. The maximum atomic E-state index is 13.5. The number of carbonyl (C=O) groups is 1. The van der Waals surface area contributed by atoms with E-state index in [9.17, 15) is 18.0 Å². The van der Waals surface area contributed by atoms with Crippen molar-refractivity contribution in [2.45, 2.75) is 24.7 Å². The van der Waals surface area contributed by atoms with Crippen LogP contribution in [0.4, 0.5) is 13.2 Å². The Labute approximate surface area is 154 Å². The second kappa shape index (κ2) is 6.28. The first-order valence-corrected chi connectivity index (χ1v) is 8.66. The molecule has 2 aliphatic rings. The topological polar surface area (TPSA) is 23.6 Å². The van der Waals surface area contributed by atoms with Gasteiger partial charge in [0.1, 0.15) is 0 Å². The normalized spacial score (nSPS) is 23.1. The molecule has 2 heterocycles. The van der Waals surface area contributed by atoms with Gasteiger partial charge < -0.3 is 4.90 Å². The highest BCUT2D eigenvalue weighted by Gasteiger charge is 2.48. The Kier molecular flexibility index (Phi) is 4.20. The zero-order valence-electron chi connectivity index (χ0n) is 13.7. The van der Waals surface area contributed by atoms with Gasteiger partial charge >= 0.3 is 6.18 Å². The van der Waals surface area contributed by atoms with Crippen LogP contribution in [-0.4, -0.2) is 34.4 Å². The number of hydrogen-bond acceptors (Lipinski definition) is 2. The number of fused-ring (bicyclic) bond motifs is 3. The van der Waals surface area contributed by atoms with Gasteiger partial charge in [-0.05, 0) is 29.0 Å². The van der Waals surface area contributed by atoms with Crippen LogP contribution in [-0.2, 0) is 12.7 Å². The number of halogens is 4. The summed E-state index contributed by atoms with van der Waals surface area (Å²) in [5.74, 6) is -0.809. The van der Waals surface area contributed by atoms with Crippen molar-refractivity contribution in [3.63, 3.8) is 0 Å². The molecule has 4 rings (SSSR count). The lowest BCUT2D eigenvalue weighted by atomic mass is 9.82. The monoisotopic (exact) mass is 380 g/mol. The largest absolute Gasteiger partial charge is 0.417 e. The lowest BCUT2D eigenvalue weighted by molar-refractivity contribution is -0.138. The highest BCUT2D eigenvalue weighted by Crippen LogP contribution is 2.44. The van der Waals surface area contributed by atoms with Gasteiger partial charge in [0.2, 0.25) is 0 Å². The van der Waals surface area contributed by atoms with Crippen LogP contribution in [0.25, 0.3) is 0 Å². The minimum Gasteiger partial charge on any atom is -0.329 e. The number of benzene rings is 2. The maximum absolute atomic E-state index is 13.5. The minimum atomic E-state index is -4.58. The van der Waals surface area contributed by atoms with Gasteiger partial charge in [-0.3, -0.25) is 4.79 Å². The third-order valence-corrected chi connectivity index (χ3v) is 5.39. The summed E-state index contributed by atoms with van der Waals surface area (Å²) >= 11 is 6.17. The van der Waals surface area contributed by atoms with E-state index < -0.39 is 17.6 Å². The second-order valence-electron chi connectivity index (χ2n) is 6.69. The van der Waals surface area contributed by atoms with E-state index >= 15 is 0 Å². The van der Waals surface area contributed by atoms with Crippen molar-refractivity contribution in [2.24, 2.45) is 0 Å². The average molecular weight is 381 g/mol. The SMILES string of the molecule is O=C1c2c(cccc2C(F)(F)F)[C@@H]2CN(Cl)C[C@@H]2N1Cc1ccccc1. The lowest BCUT2D eigenvalue weighted by Gasteiger charge is -2.39. The van der Waals surface area contributed by atoms with E-state index in [4.69, 9.17) is 11.8 Å². The van der Waals surface area contributed by atoms with Crippen molar-refractivity contribution in [3.05, 3.63) is 70.8 Å². The predicted octanol–water partition coefficient (Wildman–Crippen LogP) is 4.28. The molecule has 7 heteroatoms. The van der Waals surface area contributed by atoms with E-state index in [1.807, 2.05) is 30.3 Å². The Bertz CT molecular complexity index is 840. The zero-order valence-corrected chi connectivity index (χ0v) is 14.5. The number of alkyl halides is 3. The summed E-state index contributed by atoms with van der Waals surface area (Å²) in [4.78, 5) is 14.6. The fourth-order valence-corrected chi connectivity index (χ4v) is 4.27. The molecule has 0 spiro atoms. The summed E-state index contributed by atoms with van der Waals surface area (Å²) in [6, 6.07) is 13.0. The molecule has 0 N–H and O–H groups in total. The van der Waals surface area contributed by atoms with E-state index in [0.29, 0.717) is 18.7 Å². The van der Waals surface area contributed by atoms with E-state index in [0.717, 1.165) is 11.6 Å². The average Bonchev–Trinajstić information content (AvgIpc) is 3.00.